The molecule has 12 heavy (non-hydrogen) atoms. The van der Waals surface area contributed by atoms with Crippen molar-refractivity contribution in [3.8, 4) is 0 Å². The Morgan fingerprint density at radius 2 is 1.50 bits per heavy atom. The van der Waals surface area contributed by atoms with Gasteiger partial charge in [-0.3, -0.25) is 16.0 Å². The molecule has 0 atom stereocenters. The monoisotopic (exact) mass is 199 g/mol. The van der Waals surface area contributed by atoms with Gasteiger partial charge in [0, 0.05) is 6.54 Å². The molecule has 0 saturated carbocycles. The first-order valence-corrected chi connectivity index (χ1v) is 4.33. The minimum atomic E-state index is -4.75. The van der Waals surface area contributed by atoms with Crippen LogP contribution in [0.4, 0.5) is 0 Å². The summed E-state index contributed by atoms with van der Waals surface area (Å²) in [5, 5.41) is 0. The van der Waals surface area contributed by atoms with Crippen LogP contribution in [0.2, 0.25) is 0 Å². The van der Waals surface area contributed by atoms with E-state index in [-0.39, 0.29) is 0 Å². The van der Waals surface area contributed by atoms with Crippen molar-refractivity contribution in [3.63, 3.8) is 0 Å². The Labute approximate surface area is 69.8 Å². The highest BCUT2D eigenvalue weighted by Gasteiger charge is 2.49. The maximum atomic E-state index is 10.5. The Hall–Kier alpha value is -0.290. The Bertz CT molecular complexity index is 257. The molecular weight excluding hydrogens is 186 g/mol. The average Bonchev–Trinajstić information content (AvgIpc) is 1.85. The lowest BCUT2D eigenvalue weighted by Crippen LogP contribution is -2.81. The smallest absolute Gasteiger partial charge is 0.301 e. The number of hydrogen-bond acceptors (Lipinski definition) is 7. The van der Waals surface area contributed by atoms with E-state index in [1.54, 1.807) is 0 Å². The standard InChI is InChI=1S/C3H13N5O3S/c4-1-2(5,6)3(7,8)12(9,10)11/h1,4-8H2,(H,9,10,11). The summed E-state index contributed by atoms with van der Waals surface area (Å²) in [5.74, 6) is 0. The highest BCUT2D eigenvalue weighted by atomic mass is 32.2. The first kappa shape index (κ1) is 11.7. The normalized spacial score (nSPS) is 14.8. The van der Waals surface area contributed by atoms with Gasteiger partial charge >= 0.3 is 10.1 Å². The maximum absolute atomic E-state index is 10.5. The zero-order valence-corrected chi connectivity index (χ0v) is 7.08. The van der Waals surface area contributed by atoms with Crippen LogP contribution in [0.5, 0.6) is 0 Å². The fraction of sp³-hybridized carbons (Fsp3) is 1.00. The molecule has 0 aliphatic carbocycles. The third kappa shape index (κ3) is 1.72. The van der Waals surface area contributed by atoms with E-state index in [0.29, 0.717) is 0 Å². The highest BCUT2D eigenvalue weighted by Crippen LogP contribution is 2.10. The van der Waals surface area contributed by atoms with E-state index in [1.807, 2.05) is 0 Å². The molecule has 0 bridgehead atoms. The quantitative estimate of drug-likeness (QED) is 0.196. The predicted octanol–water partition coefficient (Wildman–Crippen LogP) is -3.98. The fourth-order valence-corrected chi connectivity index (χ4v) is 0.963. The third-order valence-electron chi connectivity index (χ3n) is 1.49. The van der Waals surface area contributed by atoms with Crippen LogP contribution < -0.4 is 28.7 Å². The van der Waals surface area contributed by atoms with E-state index in [1.165, 1.54) is 0 Å². The maximum Gasteiger partial charge on any atom is 0.301 e. The van der Waals surface area contributed by atoms with Crippen LogP contribution in [0.1, 0.15) is 0 Å². The van der Waals surface area contributed by atoms with Gasteiger partial charge in [-0.15, -0.1) is 0 Å². The topological polar surface area (TPSA) is 184 Å². The highest BCUT2D eigenvalue weighted by molar-refractivity contribution is 7.87. The molecule has 0 rings (SSSR count). The number of nitrogens with two attached hydrogens (primary N) is 5. The summed E-state index contributed by atoms with van der Waals surface area (Å²) in [6, 6.07) is 0. The average molecular weight is 199 g/mol. The van der Waals surface area contributed by atoms with Crippen molar-refractivity contribution in [2.45, 2.75) is 10.7 Å². The second-order valence-corrected chi connectivity index (χ2v) is 4.14. The molecule has 8 nitrogen and oxygen atoms in total. The summed E-state index contributed by atoms with van der Waals surface area (Å²) in [4.78, 5) is -2.66. The molecule has 0 aliphatic rings. The molecule has 0 aromatic carbocycles. The summed E-state index contributed by atoms with van der Waals surface area (Å²) in [6.45, 7) is -0.486. The Balaban J connectivity index is 5.13. The van der Waals surface area contributed by atoms with E-state index in [9.17, 15) is 8.42 Å². The summed E-state index contributed by atoms with van der Waals surface area (Å²) >= 11 is 0. The van der Waals surface area contributed by atoms with E-state index in [0.717, 1.165) is 0 Å². The molecular formula is C3H13N5O3S. The minimum absolute atomic E-state index is 0.486. The molecule has 0 amide bonds. The van der Waals surface area contributed by atoms with Crippen molar-refractivity contribution in [2.75, 3.05) is 6.54 Å². The van der Waals surface area contributed by atoms with Gasteiger partial charge < -0.3 is 17.2 Å². The Morgan fingerprint density at radius 1 is 1.17 bits per heavy atom. The summed E-state index contributed by atoms with van der Waals surface area (Å²) in [6.07, 6.45) is 0. The molecule has 0 radical (unpaired) electrons. The van der Waals surface area contributed by atoms with E-state index >= 15 is 0 Å². The van der Waals surface area contributed by atoms with Crippen molar-refractivity contribution in [2.24, 2.45) is 28.7 Å². The lowest BCUT2D eigenvalue weighted by atomic mass is 10.1. The molecule has 0 spiro atoms. The van der Waals surface area contributed by atoms with Crippen LogP contribution in [0, 0.1) is 0 Å². The molecule has 0 saturated heterocycles. The molecule has 74 valence electrons. The van der Waals surface area contributed by atoms with Crippen molar-refractivity contribution in [1.82, 2.24) is 0 Å². The zero-order chi connectivity index (χ0) is 10.2. The van der Waals surface area contributed by atoms with Crippen LogP contribution in [-0.4, -0.2) is 30.2 Å². The van der Waals surface area contributed by atoms with E-state index < -0.39 is 27.3 Å². The Morgan fingerprint density at radius 3 is 1.58 bits per heavy atom. The molecule has 0 aliphatic heterocycles. The minimum Gasteiger partial charge on any atom is -0.327 e. The Kier molecular flexibility index (Phi) is 2.81. The molecule has 0 unspecified atom stereocenters. The van der Waals surface area contributed by atoms with Crippen LogP contribution in [0.25, 0.3) is 0 Å². The summed E-state index contributed by atoms with van der Waals surface area (Å²) < 4.78 is 29.6. The molecule has 0 fully saturated rings. The second kappa shape index (κ2) is 2.88. The van der Waals surface area contributed by atoms with Gasteiger partial charge in [0.15, 0.2) is 0 Å². The van der Waals surface area contributed by atoms with Crippen LogP contribution >= 0.6 is 0 Å². The van der Waals surface area contributed by atoms with Crippen LogP contribution in [-0.2, 0) is 10.1 Å². The first-order chi connectivity index (χ1) is 5.06. The van der Waals surface area contributed by atoms with Gasteiger partial charge in [-0.2, -0.15) is 8.42 Å². The van der Waals surface area contributed by atoms with Crippen molar-refractivity contribution < 1.29 is 13.0 Å². The molecule has 11 N–H and O–H groups in total. The summed E-state index contributed by atoms with van der Waals surface area (Å²) in [7, 11) is -4.75. The largest absolute Gasteiger partial charge is 0.327 e. The van der Waals surface area contributed by atoms with Crippen LogP contribution in [0.3, 0.4) is 0 Å². The van der Waals surface area contributed by atoms with E-state index in [2.05, 4.69) is 0 Å². The third-order valence-corrected chi connectivity index (χ3v) is 2.73. The number of hydrogen-bond donors (Lipinski definition) is 6. The predicted molar refractivity (Wildman–Crippen MR) is 42.8 cm³/mol. The van der Waals surface area contributed by atoms with Gasteiger partial charge in [-0.05, 0) is 0 Å². The lowest BCUT2D eigenvalue weighted by molar-refractivity contribution is 0.295. The van der Waals surface area contributed by atoms with Gasteiger partial charge in [-0.25, -0.2) is 0 Å². The molecule has 0 aromatic rings. The lowest BCUT2D eigenvalue weighted by Gasteiger charge is -2.35. The van der Waals surface area contributed by atoms with Gasteiger partial charge in [0.2, 0.25) is 4.99 Å². The van der Waals surface area contributed by atoms with Crippen molar-refractivity contribution >= 4 is 10.1 Å². The molecule has 0 aromatic heterocycles. The van der Waals surface area contributed by atoms with Gasteiger partial charge in [-0.1, -0.05) is 0 Å². The zero-order valence-electron chi connectivity index (χ0n) is 6.27. The van der Waals surface area contributed by atoms with Gasteiger partial charge in [0.25, 0.3) is 0 Å². The van der Waals surface area contributed by atoms with Crippen molar-refractivity contribution in [3.05, 3.63) is 0 Å². The van der Waals surface area contributed by atoms with E-state index in [4.69, 9.17) is 33.2 Å². The van der Waals surface area contributed by atoms with Crippen molar-refractivity contribution in [1.29, 1.82) is 0 Å². The fourth-order valence-electron chi connectivity index (χ4n) is 0.400. The number of rotatable bonds is 3. The van der Waals surface area contributed by atoms with Gasteiger partial charge in [0.05, 0.1) is 0 Å². The molecule has 0 heterocycles. The van der Waals surface area contributed by atoms with Gasteiger partial charge in [0.1, 0.15) is 5.66 Å². The van der Waals surface area contributed by atoms with Crippen LogP contribution in [0.15, 0.2) is 0 Å². The second-order valence-electron chi connectivity index (χ2n) is 2.51. The first-order valence-electron chi connectivity index (χ1n) is 2.89. The SMILES string of the molecule is NCC(N)(N)C(N)(N)S(=O)(=O)O. The molecule has 9 heteroatoms. The summed E-state index contributed by atoms with van der Waals surface area (Å²) in [5.41, 5.74) is 23.2.